The largest absolute Gasteiger partial charge is 0.504 e. The second kappa shape index (κ2) is 11.6. The van der Waals surface area contributed by atoms with E-state index in [9.17, 15) is 9.90 Å². The van der Waals surface area contributed by atoms with Crippen LogP contribution in [0.4, 0.5) is 0 Å². The van der Waals surface area contributed by atoms with Crippen molar-refractivity contribution in [1.82, 2.24) is 9.80 Å². The Morgan fingerprint density at radius 1 is 1.07 bits per heavy atom. The number of hydrogen-bond donors (Lipinski definition) is 1. The van der Waals surface area contributed by atoms with E-state index >= 15 is 0 Å². The molecule has 1 fully saturated rings. The normalized spacial score (nSPS) is 15.2. The molecule has 0 bridgehead atoms. The van der Waals surface area contributed by atoms with Gasteiger partial charge in [0.1, 0.15) is 0 Å². The predicted octanol–water partition coefficient (Wildman–Crippen LogP) is 3.61. The molecule has 1 saturated heterocycles. The number of ketones is 1. The smallest absolute Gasteiger partial charge is 0.160 e. The zero-order valence-corrected chi connectivity index (χ0v) is 17.6. The van der Waals surface area contributed by atoms with Crippen LogP contribution in [0.3, 0.4) is 0 Å². The van der Waals surface area contributed by atoms with Gasteiger partial charge >= 0.3 is 0 Å². The van der Waals surface area contributed by atoms with Gasteiger partial charge in [0.25, 0.3) is 0 Å². The lowest BCUT2D eigenvalue weighted by atomic mass is 10.1. The second-order valence-corrected chi connectivity index (χ2v) is 7.08. The summed E-state index contributed by atoms with van der Waals surface area (Å²) in [6.07, 6.45) is 3.84. The monoisotopic (exact) mass is 416 g/mol. The molecular formula is C23H29ClN2O3. The Labute approximate surface area is 179 Å². The van der Waals surface area contributed by atoms with Crippen molar-refractivity contribution < 1.29 is 14.6 Å². The molecule has 0 atom stereocenters. The SMILES string of the molecule is COc1ccc(C=CC(=O)CCN2CCN(Cc3ccccc3)CC2)cc1O.Cl. The van der Waals surface area contributed by atoms with Gasteiger partial charge in [-0.1, -0.05) is 42.5 Å². The number of ether oxygens (including phenoxy) is 1. The molecule has 1 aliphatic rings. The number of phenolic OH excluding ortho intramolecular Hbond substituents is 1. The fraction of sp³-hybridized carbons (Fsp3) is 0.348. The lowest BCUT2D eigenvalue weighted by molar-refractivity contribution is -0.114. The van der Waals surface area contributed by atoms with Crippen LogP contribution >= 0.6 is 12.4 Å². The van der Waals surface area contributed by atoms with Gasteiger partial charge < -0.3 is 14.7 Å². The molecule has 0 aliphatic carbocycles. The minimum absolute atomic E-state index is 0. The maximum Gasteiger partial charge on any atom is 0.160 e. The molecule has 156 valence electrons. The molecule has 3 rings (SSSR count). The van der Waals surface area contributed by atoms with Gasteiger partial charge in [-0.05, 0) is 29.3 Å². The average Bonchev–Trinajstić information content (AvgIpc) is 2.72. The highest BCUT2D eigenvalue weighted by molar-refractivity contribution is 5.93. The van der Waals surface area contributed by atoms with Gasteiger partial charge in [-0.25, -0.2) is 0 Å². The second-order valence-electron chi connectivity index (χ2n) is 7.08. The van der Waals surface area contributed by atoms with Crippen LogP contribution in [0, 0.1) is 0 Å². The molecule has 0 aromatic heterocycles. The molecule has 1 heterocycles. The van der Waals surface area contributed by atoms with E-state index < -0.39 is 0 Å². The maximum absolute atomic E-state index is 12.2. The van der Waals surface area contributed by atoms with Crippen molar-refractivity contribution >= 4 is 24.3 Å². The van der Waals surface area contributed by atoms with E-state index in [4.69, 9.17) is 4.74 Å². The van der Waals surface area contributed by atoms with Crippen molar-refractivity contribution in [2.45, 2.75) is 13.0 Å². The molecule has 2 aromatic rings. The Morgan fingerprint density at radius 2 is 1.76 bits per heavy atom. The number of halogens is 1. The molecule has 29 heavy (non-hydrogen) atoms. The highest BCUT2D eigenvalue weighted by Crippen LogP contribution is 2.26. The van der Waals surface area contributed by atoms with Crippen molar-refractivity contribution in [3.8, 4) is 11.5 Å². The van der Waals surface area contributed by atoms with Crippen LogP contribution in [-0.4, -0.2) is 60.5 Å². The van der Waals surface area contributed by atoms with Crippen LogP contribution in [0.2, 0.25) is 0 Å². The Morgan fingerprint density at radius 3 is 2.41 bits per heavy atom. The first-order valence-corrected chi connectivity index (χ1v) is 9.70. The van der Waals surface area contributed by atoms with Crippen LogP contribution < -0.4 is 4.74 Å². The fourth-order valence-corrected chi connectivity index (χ4v) is 3.36. The van der Waals surface area contributed by atoms with Gasteiger partial charge in [-0.15, -0.1) is 12.4 Å². The summed E-state index contributed by atoms with van der Waals surface area (Å²) in [5.74, 6) is 0.599. The third-order valence-electron chi connectivity index (χ3n) is 5.05. The van der Waals surface area contributed by atoms with Gasteiger partial charge in [-0.2, -0.15) is 0 Å². The number of aromatic hydroxyl groups is 1. The molecule has 0 spiro atoms. The Hall–Kier alpha value is -2.34. The number of hydrogen-bond acceptors (Lipinski definition) is 5. The predicted molar refractivity (Wildman–Crippen MR) is 119 cm³/mol. The van der Waals surface area contributed by atoms with E-state index in [1.165, 1.54) is 12.7 Å². The van der Waals surface area contributed by atoms with Gasteiger partial charge in [0.2, 0.25) is 0 Å². The number of allylic oxidation sites excluding steroid dienone is 1. The Bertz CT molecular complexity index is 803. The molecule has 1 N–H and O–H groups in total. The molecule has 0 amide bonds. The summed E-state index contributed by atoms with van der Waals surface area (Å²) in [4.78, 5) is 17.0. The summed E-state index contributed by atoms with van der Waals surface area (Å²) < 4.78 is 5.02. The third kappa shape index (κ3) is 7.20. The van der Waals surface area contributed by atoms with Gasteiger partial charge in [0, 0.05) is 45.7 Å². The van der Waals surface area contributed by atoms with Crippen molar-refractivity contribution in [3.63, 3.8) is 0 Å². The number of rotatable bonds is 8. The minimum Gasteiger partial charge on any atom is -0.504 e. The van der Waals surface area contributed by atoms with Gasteiger partial charge in [0.05, 0.1) is 7.11 Å². The summed E-state index contributed by atoms with van der Waals surface area (Å²) in [5, 5.41) is 9.79. The van der Waals surface area contributed by atoms with Crippen molar-refractivity contribution in [2.24, 2.45) is 0 Å². The number of carbonyl (C=O) groups is 1. The minimum atomic E-state index is 0. The quantitative estimate of drug-likeness (QED) is 0.666. The van der Waals surface area contributed by atoms with Crippen LogP contribution in [-0.2, 0) is 11.3 Å². The van der Waals surface area contributed by atoms with Crippen LogP contribution in [0.15, 0.2) is 54.6 Å². The number of benzene rings is 2. The summed E-state index contributed by atoms with van der Waals surface area (Å²) >= 11 is 0. The highest BCUT2D eigenvalue weighted by Gasteiger charge is 2.17. The van der Waals surface area contributed by atoms with E-state index in [2.05, 4.69) is 34.1 Å². The number of methoxy groups -OCH3 is 1. The van der Waals surface area contributed by atoms with Gasteiger partial charge in [0.15, 0.2) is 17.3 Å². The van der Waals surface area contributed by atoms with Gasteiger partial charge in [-0.3, -0.25) is 9.69 Å². The van der Waals surface area contributed by atoms with E-state index in [0.717, 1.165) is 44.8 Å². The zero-order valence-electron chi connectivity index (χ0n) is 16.8. The number of piperazine rings is 1. The molecule has 6 heteroatoms. The van der Waals surface area contributed by atoms with E-state index in [0.29, 0.717) is 12.2 Å². The van der Waals surface area contributed by atoms with Crippen molar-refractivity contribution in [1.29, 1.82) is 0 Å². The van der Waals surface area contributed by atoms with Crippen LogP contribution in [0.5, 0.6) is 11.5 Å². The molecule has 5 nitrogen and oxygen atoms in total. The lowest BCUT2D eigenvalue weighted by Crippen LogP contribution is -2.46. The zero-order chi connectivity index (χ0) is 19.8. The van der Waals surface area contributed by atoms with Crippen molar-refractivity contribution in [2.75, 3.05) is 39.8 Å². The Balaban J connectivity index is 0.00000300. The molecule has 0 radical (unpaired) electrons. The summed E-state index contributed by atoms with van der Waals surface area (Å²) in [6, 6.07) is 15.6. The molecule has 0 saturated carbocycles. The summed E-state index contributed by atoms with van der Waals surface area (Å²) in [6.45, 7) is 5.84. The van der Waals surface area contributed by atoms with Crippen LogP contribution in [0.25, 0.3) is 6.08 Å². The Kier molecular flexibility index (Phi) is 9.19. The van der Waals surface area contributed by atoms with Crippen molar-refractivity contribution in [3.05, 3.63) is 65.7 Å². The first-order chi connectivity index (χ1) is 13.6. The molecule has 1 aliphatic heterocycles. The molecule has 2 aromatic carbocycles. The van der Waals surface area contributed by atoms with E-state index in [1.807, 2.05) is 12.1 Å². The fourth-order valence-electron chi connectivity index (χ4n) is 3.36. The number of carbonyl (C=O) groups excluding carboxylic acids is 1. The molecular weight excluding hydrogens is 388 g/mol. The average molecular weight is 417 g/mol. The topological polar surface area (TPSA) is 53.0 Å². The number of nitrogens with zero attached hydrogens (tertiary/aromatic N) is 2. The standard InChI is InChI=1S/C23H28N2O3.ClH/c1-28-23-10-8-19(17-22(23)27)7-9-21(26)11-12-24-13-15-25(16-14-24)18-20-5-3-2-4-6-20;/h2-10,17,27H,11-16,18H2,1H3;1H. The van der Waals surface area contributed by atoms with E-state index in [-0.39, 0.29) is 23.9 Å². The molecule has 0 unspecified atom stereocenters. The highest BCUT2D eigenvalue weighted by atomic mass is 35.5. The summed E-state index contributed by atoms with van der Waals surface area (Å²) in [7, 11) is 1.51. The lowest BCUT2D eigenvalue weighted by Gasteiger charge is -2.34. The number of phenols is 1. The first-order valence-electron chi connectivity index (χ1n) is 9.70. The third-order valence-corrected chi connectivity index (χ3v) is 5.05. The van der Waals surface area contributed by atoms with E-state index in [1.54, 1.807) is 24.3 Å². The summed E-state index contributed by atoms with van der Waals surface area (Å²) in [5.41, 5.74) is 2.13. The first kappa shape index (κ1) is 22.9. The maximum atomic E-state index is 12.2. The van der Waals surface area contributed by atoms with Crippen LogP contribution in [0.1, 0.15) is 17.5 Å².